The minimum atomic E-state index is -0.862. The zero-order valence-electron chi connectivity index (χ0n) is 19.2. The number of carbonyl (C=O) groups is 4. The Morgan fingerprint density at radius 1 is 1.13 bits per heavy atom. The maximum absolute atomic E-state index is 11.7. The summed E-state index contributed by atoms with van der Waals surface area (Å²) in [6.07, 6.45) is 1.45. The maximum atomic E-state index is 11.7. The summed E-state index contributed by atoms with van der Waals surface area (Å²) in [5.74, 6) is -0.792. The third-order valence-corrected chi connectivity index (χ3v) is 3.76. The predicted octanol–water partition coefficient (Wildman–Crippen LogP) is 2.98. The van der Waals surface area contributed by atoms with Crippen molar-refractivity contribution in [3.05, 3.63) is 0 Å². The second kappa shape index (κ2) is 13.7. The summed E-state index contributed by atoms with van der Waals surface area (Å²) in [6, 6.07) is -1.08. The highest BCUT2D eigenvalue weighted by Crippen LogP contribution is 2.14. The molecule has 0 aliphatic carbocycles. The molecule has 0 saturated heterocycles. The van der Waals surface area contributed by atoms with Gasteiger partial charge in [0, 0.05) is 12.1 Å². The van der Waals surface area contributed by atoms with Gasteiger partial charge in [-0.2, -0.15) is 0 Å². The molecule has 9 heteroatoms. The normalized spacial score (nSPS) is 16.4. The van der Waals surface area contributed by atoms with Crippen molar-refractivity contribution in [2.24, 2.45) is 4.99 Å². The minimum absolute atomic E-state index is 0.0553. The highest BCUT2D eigenvalue weighted by molar-refractivity contribution is 5.89. The minimum Gasteiger partial charge on any atom is -0.464 e. The lowest BCUT2D eigenvalue weighted by molar-refractivity contribution is -0.146. The highest BCUT2D eigenvalue weighted by Gasteiger charge is 2.25. The maximum Gasteiger partial charge on any atom is 0.408 e. The Morgan fingerprint density at radius 2 is 1.73 bits per heavy atom. The van der Waals surface area contributed by atoms with Gasteiger partial charge in [-0.15, -0.1) is 0 Å². The van der Waals surface area contributed by atoms with Crippen LogP contribution in [0.15, 0.2) is 4.99 Å². The Labute approximate surface area is 178 Å². The summed E-state index contributed by atoms with van der Waals surface area (Å²) < 4.78 is 14.7. The zero-order chi connectivity index (χ0) is 23.3. The molecule has 0 bridgehead atoms. The number of aliphatic imine (C=N–C) groups is 1. The van der Waals surface area contributed by atoms with E-state index < -0.39 is 23.7 Å². The van der Waals surface area contributed by atoms with Gasteiger partial charge in [0.2, 0.25) is 0 Å². The van der Waals surface area contributed by atoms with Gasteiger partial charge in [0.25, 0.3) is 0 Å². The van der Waals surface area contributed by atoms with Crippen LogP contribution in [0.1, 0.15) is 74.1 Å². The molecule has 9 nitrogen and oxygen atoms in total. The van der Waals surface area contributed by atoms with E-state index in [1.807, 2.05) is 13.8 Å². The van der Waals surface area contributed by atoms with Gasteiger partial charge < -0.3 is 24.3 Å². The SMILES string of the molecule is CCOC(=O)[C@@H]1CCC(C)=N1.CCOC(=O)[C@H](CCC(C)=O)NC(=O)OC(C)(C)C. The first-order chi connectivity index (χ1) is 13.9. The van der Waals surface area contributed by atoms with Crippen molar-refractivity contribution in [2.75, 3.05) is 13.2 Å². The Bertz CT molecular complexity index is 623. The van der Waals surface area contributed by atoms with Gasteiger partial charge in [-0.25, -0.2) is 14.4 Å². The van der Waals surface area contributed by atoms with Crippen LogP contribution < -0.4 is 5.32 Å². The van der Waals surface area contributed by atoms with Gasteiger partial charge in [-0.3, -0.25) is 4.99 Å². The number of nitrogens with zero attached hydrogens (tertiary/aromatic N) is 1. The van der Waals surface area contributed by atoms with Gasteiger partial charge in [0.15, 0.2) is 0 Å². The number of rotatable bonds is 8. The van der Waals surface area contributed by atoms with Crippen LogP contribution in [0.5, 0.6) is 0 Å². The van der Waals surface area contributed by atoms with Crippen molar-refractivity contribution >= 4 is 29.5 Å². The van der Waals surface area contributed by atoms with Crippen molar-refractivity contribution < 1.29 is 33.4 Å². The standard InChI is InChI=1S/C13H23NO5.C8H13NO2/c1-6-18-11(16)10(8-7-9(2)15)14-12(17)19-13(3,4)5;1-3-11-8(10)7-5-4-6(2)9-7/h10H,6-8H2,1-5H3,(H,14,17);7H,3-5H2,1-2H3/t10-;7-/m00/s1. The molecule has 1 amide bonds. The summed E-state index contributed by atoms with van der Waals surface area (Å²) >= 11 is 0. The monoisotopic (exact) mass is 428 g/mol. The number of amides is 1. The number of hydrogen-bond acceptors (Lipinski definition) is 8. The Balaban J connectivity index is 0.000000642. The summed E-state index contributed by atoms with van der Waals surface area (Å²) in [4.78, 5) is 49.4. The molecule has 0 aromatic rings. The first kappa shape index (κ1) is 27.5. The smallest absolute Gasteiger partial charge is 0.408 e. The number of carbonyl (C=O) groups excluding carboxylic acids is 4. The zero-order valence-corrected chi connectivity index (χ0v) is 19.2. The number of ether oxygens (including phenoxy) is 3. The molecule has 0 fully saturated rings. The number of hydrogen-bond donors (Lipinski definition) is 1. The number of nitrogens with one attached hydrogen (secondary N) is 1. The molecule has 1 heterocycles. The van der Waals surface area contributed by atoms with Gasteiger partial charge >= 0.3 is 18.0 Å². The second-order valence-electron chi connectivity index (χ2n) is 7.86. The van der Waals surface area contributed by atoms with E-state index in [-0.39, 0.29) is 37.2 Å². The molecule has 1 N–H and O–H groups in total. The molecule has 172 valence electrons. The number of esters is 2. The molecular weight excluding hydrogens is 392 g/mol. The number of ketones is 1. The lowest BCUT2D eigenvalue weighted by Gasteiger charge is -2.22. The Morgan fingerprint density at radius 3 is 2.17 bits per heavy atom. The summed E-state index contributed by atoms with van der Waals surface area (Å²) in [7, 11) is 0. The van der Waals surface area contributed by atoms with Gasteiger partial charge in [-0.05, 0) is 67.7 Å². The molecule has 0 spiro atoms. The molecule has 0 aromatic heterocycles. The number of alkyl carbamates (subject to hydrolysis) is 1. The van der Waals surface area contributed by atoms with Gasteiger partial charge in [0.1, 0.15) is 23.5 Å². The van der Waals surface area contributed by atoms with Crippen LogP contribution in [-0.4, -0.2) is 60.4 Å². The van der Waals surface area contributed by atoms with E-state index in [4.69, 9.17) is 14.2 Å². The molecule has 0 aromatic carbocycles. The number of Topliss-reactive ketones (excluding diaryl/α,β-unsaturated/α-hetero) is 1. The second-order valence-corrected chi connectivity index (χ2v) is 7.86. The third-order valence-electron chi connectivity index (χ3n) is 3.76. The molecule has 0 saturated carbocycles. The van der Waals surface area contributed by atoms with Crippen LogP contribution in [0.2, 0.25) is 0 Å². The fourth-order valence-electron chi connectivity index (χ4n) is 2.44. The van der Waals surface area contributed by atoms with Crippen molar-refractivity contribution in [1.82, 2.24) is 5.32 Å². The Kier molecular flexibility index (Phi) is 12.6. The average molecular weight is 429 g/mol. The molecule has 2 atom stereocenters. The van der Waals surface area contributed by atoms with Crippen LogP contribution in [0.25, 0.3) is 0 Å². The lowest BCUT2D eigenvalue weighted by Crippen LogP contribution is -2.44. The predicted molar refractivity (Wildman–Crippen MR) is 112 cm³/mol. The van der Waals surface area contributed by atoms with E-state index in [1.165, 1.54) is 6.92 Å². The lowest BCUT2D eigenvalue weighted by atomic mass is 10.1. The third kappa shape index (κ3) is 12.9. The molecule has 1 rings (SSSR count). The van der Waals surface area contributed by atoms with E-state index in [9.17, 15) is 19.2 Å². The van der Waals surface area contributed by atoms with Crippen molar-refractivity contribution in [3.63, 3.8) is 0 Å². The van der Waals surface area contributed by atoms with Crippen LogP contribution >= 0.6 is 0 Å². The topological polar surface area (TPSA) is 120 Å². The van der Waals surface area contributed by atoms with Gasteiger partial charge in [-0.1, -0.05) is 0 Å². The Hall–Kier alpha value is -2.45. The molecule has 30 heavy (non-hydrogen) atoms. The fraction of sp³-hybridized carbons (Fsp3) is 0.762. The van der Waals surface area contributed by atoms with Crippen LogP contribution in [0, 0.1) is 0 Å². The summed E-state index contributed by atoms with van der Waals surface area (Å²) in [5.41, 5.74) is 0.409. The van der Waals surface area contributed by atoms with Crippen LogP contribution in [0.4, 0.5) is 4.79 Å². The first-order valence-corrected chi connectivity index (χ1v) is 10.2. The largest absolute Gasteiger partial charge is 0.464 e. The van der Waals surface area contributed by atoms with Crippen molar-refractivity contribution in [2.45, 2.75) is 91.8 Å². The van der Waals surface area contributed by atoms with E-state index >= 15 is 0 Å². The summed E-state index contributed by atoms with van der Waals surface area (Å²) in [5, 5.41) is 2.43. The molecule has 1 aliphatic heterocycles. The fourth-order valence-corrected chi connectivity index (χ4v) is 2.44. The van der Waals surface area contributed by atoms with E-state index in [1.54, 1.807) is 27.7 Å². The molecular formula is C21H36N2O7. The van der Waals surface area contributed by atoms with Crippen molar-refractivity contribution in [3.8, 4) is 0 Å². The molecule has 0 unspecified atom stereocenters. The van der Waals surface area contributed by atoms with E-state index in [0.29, 0.717) is 6.61 Å². The highest BCUT2D eigenvalue weighted by atomic mass is 16.6. The molecule has 0 radical (unpaired) electrons. The molecule has 1 aliphatic rings. The van der Waals surface area contributed by atoms with Crippen LogP contribution in [0.3, 0.4) is 0 Å². The quantitative estimate of drug-likeness (QED) is 0.466. The first-order valence-electron chi connectivity index (χ1n) is 10.2. The van der Waals surface area contributed by atoms with Crippen LogP contribution in [-0.2, 0) is 28.6 Å². The van der Waals surface area contributed by atoms with E-state index in [0.717, 1.165) is 18.6 Å². The van der Waals surface area contributed by atoms with Crippen molar-refractivity contribution in [1.29, 1.82) is 0 Å². The van der Waals surface area contributed by atoms with Gasteiger partial charge in [0.05, 0.1) is 13.2 Å². The average Bonchev–Trinajstić information content (AvgIpc) is 3.04. The summed E-state index contributed by atoms with van der Waals surface area (Å²) in [6.45, 7) is 12.7. The van der Waals surface area contributed by atoms with E-state index in [2.05, 4.69) is 10.3 Å².